The Labute approximate surface area is 152 Å². The lowest BCUT2D eigenvalue weighted by Gasteiger charge is -2.12. The summed E-state index contributed by atoms with van der Waals surface area (Å²) in [6.45, 7) is 0.748. The molecule has 0 aliphatic carbocycles. The standard InChI is InChI=1S/C20H22N2O4/c1-25-17-10-7-15(8-11-17)9-12-19(23)21-13-18-14-22(20(24)26-18)16-5-3-2-4-6-16/h2-8,10-11,18H,9,12-14H2,1H3,(H,21,23)/t18-/m1/s1. The van der Waals surface area contributed by atoms with Crippen LogP contribution in [0.2, 0.25) is 0 Å². The van der Waals surface area contributed by atoms with E-state index in [-0.39, 0.29) is 18.1 Å². The Morgan fingerprint density at radius 2 is 1.92 bits per heavy atom. The normalized spacial score (nSPS) is 16.3. The molecule has 1 N–H and O–H groups in total. The number of nitrogens with zero attached hydrogens (tertiary/aromatic N) is 1. The Balaban J connectivity index is 1.42. The van der Waals surface area contributed by atoms with Gasteiger partial charge in [0.25, 0.3) is 0 Å². The number of methoxy groups -OCH3 is 1. The van der Waals surface area contributed by atoms with Crippen LogP contribution in [0.5, 0.6) is 5.75 Å². The minimum absolute atomic E-state index is 0.0602. The number of ether oxygens (including phenoxy) is 2. The van der Waals surface area contributed by atoms with E-state index in [1.807, 2.05) is 54.6 Å². The van der Waals surface area contributed by atoms with Crippen molar-refractivity contribution < 1.29 is 19.1 Å². The quantitative estimate of drug-likeness (QED) is 0.830. The molecule has 26 heavy (non-hydrogen) atoms. The number of para-hydroxylation sites is 1. The van der Waals surface area contributed by atoms with Gasteiger partial charge in [-0.3, -0.25) is 9.69 Å². The number of rotatable bonds is 7. The molecular formula is C20H22N2O4. The fraction of sp³-hybridized carbons (Fsp3) is 0.300. The molecule has 3 rings (SSSR count). The zero-order valence-corrected chi connectivity index (χ0v) is 14.7. The van der Waals surface area contributed by atoms with Crippen LogP contribution in [0.4, 0.5) is 10.5 Å². The van der Waals surface area contributed by atoms with E-state index >= 15 is 0 Å². The monoisotopic (exact) mass is 354 g/mol. The SMILES string of the molecule is COc1ccc(CCC(=O)NC[C@@H]2CN(c3ccccc3)C(=O)O2)cc1. The Morgan fingerprint density at radius 1 is 1.19 bits per heavy atom. The fourth-order valence-electron chi connectivity index (χ4n) is 2.81. The highest BCUT2D eigenvalue weighted by Gasteiger charge is 2.32. The third-order valence-electron chi connectivity index (χ3n) is 4.27. The Morgan fingerprint density at radius 3 is 2.62 bits per heavy atom. The van der Waals surface area contributed by atoms with E-state index < -0.39 is 0 Å². The van der Waals surface area contributed by atoms with Gasteiger partial charge in [0.05, 0.1) is 20.2 Å². The molecule has 2 aromatic rings. The van der Waals surface area contributed by atoms with E-state index in [9.17, 15) is 9.59 Å². The number of aryl methyl sites for hydroxylation is 1. The molecule has 136 valence electrons. The van der Waals surface area contributed by atoms with E-state index in [4.69, 9.17) is 9.47 Å². The molecule has 0 aromatic heterocycles. The predicted octanol–water partition coefficient (Wildman–Crippen LogP) is 2.77. The molecule has 0 radical (unpaired) electrons. The van der Waals surface area contributed by atoms with Gasteiger partial charge in [-0.1, -0.05) is 30.3 Å². The van der Waals surface area contributed by atoms with Crippen molar-refractivity contribution in [3.8, 4) is 5.75 Å². The van der Waals surface area contributed by atoms with Crippen molar-refractivity contribution in [2.24, 2.45) is 0 Å². The fourth-order valence-corrected chi connectivity index (χ4v) is 2.81. The van der Waals surface area contributed by atoms with Crippen LogP contribution >= 0.6 is 0 Å². The van der Waals surface area contributed by atoms with E-state index in [0.29, 0.717) is 25.9 Å². The predicted molar refractivity (Wildman–Crippen MR) is 98.4 cm³/mol. The first-order chi connectivity index (χ1) is 12.7. The van der Waals surface area contributed by atoms with Gasteiger partial charge >= 0.3 is 6.09 Å². The largest absolute Gasteiger partial charge is 0.497 e. The molecule has 2 amide bonds. The van der Waals surface area contributed by atoms with Crippen LogP contribution < -0.4 is 15.0 Å². The maximum absolute atomic E-state index is 12.0. The van der Waals surface area contributed by atoms with Gasteiger partial charge < -0.3 is 14.8 Å². The summed E-state index contributed by atoms with van der Waals surface area (Å²) in [4.78, 5) is 25.6. The summed E-state index contributed by atoms with van der Waals surface area (Å²) >= 11 is 0. The van der Waals surface area contributed by atoms with E-state index in [2.05, 4.69) is 5.32 Å². The lowest BCUT2D eigenvalue weighted by Crippen LogP contribution is -2.34. The minimum atomic E-state index is -0.381. The number of hydrogen-bond donors (Lipinski definition) is 1. The van der Waals surface area contributed by atoms with E-state index in [1.165, 1.54) is 0 Å². The highest BCUT2D eigenvalue weighted by molar-refractivity contribution is 5.89. The summed E-state index contributed by atoms with van der Waals surface area (Å²) in [7, 11) is 1.62. The van der Waals surface area contributed by atoms with Crippen molar-refractivity contribution >= 4 is 17.7 Å². The highest BCUT2D eigenvalue weighted by atomic mass is 16.6. The molecule has 1 heterocycles. The maximum Gasteiger partial charge on any atom is 0.414 e. The summed E-state index contributed by atoms with van der Waals surface area (Å²) in [5.74, 6) is 0.735. The number of benzene rings is 2. The lowest BCUT2D eigenvalue weighted by atomic mass is 10.1. The van der Waals surface area contributed by atoms with Crippen LogP contribution in [-0.2, 0) is 16.0 Å². The number of nitrogens with one attached hydrogen (secondary N) is 1. The number of cyclic esters (lactones) is 1. The molecule has 1 saturated heterocycles. The molecule has 0 bridgehead atoms. The van der Waals surface area contributed by atoms with Gasteiger partial charge in [-0.05, 0) is 36.2 Å². The molecule has 0 spiro atoms. The highest BCUT2D eigenvalue weighted by Crippen LogP contribution is 2.20. The van der Waals surface area contributed by atoms with Gasteiger partial charge in [-0.2, -0.15) is 0 Å². The smallest absolute Gasteiger partial charge is 0.414 e. The van der Waals surface area contributed by atoms with Crippen LogP contribution in [0.1, 0.15) is 12.0 Å². The van der Waals surface area contributed by atoms with Gasteiger partial charge in [0.2, 0.25) is 5.91 Å². The molecule has 6 nitrogen and oxygen atoms in total. The number of hydrogen-bond acceptors (Lipinski definition) is 4. The zero-order chi connectivity index (χ0) is 18.4. The Kier molecular flexibility index (Phi) is 5.73. The second-order valence-electron chi connectivity index (χ2n) is 6.10. The summed E-state index contributed by atoms with van der Waals surface area (Å²) in [5, 5.41) is 2.84. The second-order valence-corrected chi connectivity index (χ2v) is 6.10. The zero-order valence-electron chi connectivity index (χ0n) is 14.7. The van der Waals surface area contributed by atoms with Crippen molar-refractivity contribution in [3.05, 3.63) is 60.2 Å². The first kappa shape index (κ1) is 17.8. The molecule has 1 fully saturated rings. The van der Waals surface area contributed by atoms with Gasteiger partial charge in [0.15, 0.2) is 0 Å². The number of carbonyl (C=O) groups excluding carboxylic acids is 2. The van der Waals surface area contributed by atoms with Crippen LogP contribution in [-0.4, -0.2) is 38.3 Å². The van der Waals surface area contributed by atoms with Crippen molar-refractivity contribution in [2.75, 3.05) is 25.1 Å². The molecule has 1 atom stereocenters. The van der Waals surface area contributed by atoms with E-state index in [0.717, 1.165) is 17.0 Å². The molecule has 0 saturated carbocycles. The minimum Gasteiger partial charge on any atom is -0.497 e. The Bertz CT molecular complexity index is 746. The van der Waals surface area contributed by atoms with Gasteiger partial charge in [0.1, 0.15) is 11.9 Å². The first-order valence-corrected chi connectivity index (χ1v) is 8.58. The van der Waals surface area contributed by atoms with Gasteiger partial charge in [0, 0.05) is 12.1 Å². The summed E-state index contributed by atoms with van der Waals surface area (Å²) in [6, 6.07) is 17.0. The van der Waals surface area contributed by atoms with Gasteiger partial charge in [-0.15, -0.1) is 0 Å². The van der Waals surface area contributed by atoms with Crippen LogP contribution in [0.25, 0.3) is 0 Å². The topological polar surface area (TPSA) is 67.9 Å². The third kappa shape index (κ3) is 4.53. The van der Waals surface area contributed by atoms with Gasteiger partial charge in [-0.25, -0.2) is 4.79 Å². The molecule has 2 aromatic carbocycles. The molecule has 0 unspecified atom stereocenters. The van der Waals surface area contributed by atoms with Crippen LogP contribution in [0.3, 0.4) is 0 Å². The molecule has 1 aliphatic heterocycles. The summed E-state index contributed by atoms with van der Waals surface area (Å²) in [5.41, 5.74) is 1.87. The number of carbonyl (C=O) groups is 2. The van der Waals surface area contributed by atoms with Crippen molar-refractivity contribution in [1.29, 1.82) is 0 Å². The van der Waals surface area contributed by atoms with Crippen molar-refractivity contribution in [1.82, 2.24) is 5.32 Å². The number of anilines is 1. The first-order valence-electron chi connectivity index (χ1n) is 8.58. The molecule has 1 aliphatic rings. The Hall–Kier alpha value is -3.02. The molecule has 6 heteroatoms. The summed E-state index contributed by atoms with van der Waals surface area (Å²) < 4.78 is 10.4. The summed E-state index contributed by atoms with van der Waals surface area (Å²) in [6.07, 6.45) is 0.313. The van der Waals surface area contributed by atoms with Crippen molar-refractivity contribution in [2.45, 2.75) is 18.9 Å². The van der Waals surface area contributed by atoms with Crippen LogP contribution in [0, 0.1) is 0 Å². The second kappa shape index (κ2) is 8.38. The van der Waals surface area contributed by atoms with Crippen LogP contribution in [0.15, 0.2) is 54.6 Å². The maximum atomic E-state index is 12.0. The lowest BCUT2D eigenvalue weighted by molar-refractivity contribution is -0.121. The average molecular weight is 354 g/mol. The average Bonchev–Trinajstić information content (AvgIpc) is 3.06. The van der Waals surface area contributed by atoms with E-state index in [1.54, 1.807) is 12.0 Å². The van der Waals surface area contributed by atoms with Crippen molar-refractivity contribution in [3.63, 3.8) is 0 Å². The number of amides is 2. The third-order valence-corrected chi connectivity index (χ3v) is 4.27. The molecular weight excluding hydrogens is 332 g/mol.